The molecule has 1 fully saturated rings. The number of fused-ring (bicyclic) bond motifs is 1. The number of carbonyl (C=O) groups is 1. The van der Waals surface area contributed by atoms with Gasteiger partial charge in [-0.15, -0.1) is 0 Å². The monoisotopic (exact) mass is 202 g/mol. The van der Waals surface area contributed by atoms with Gasteiger partial charge in [-0.1, -0.05) is 12.1 Å². The minimum atomic E-state index is -0.759. The van der Waals surface area contributed by atoms with Crippen LogP contribution in [0.3, 0.4) is 0 Å². The number of carboxylic acid groups (broad SMARTS) is 1. The van der Waals surface area contributed by atoms with E-state index in [0.717, 1.165) is 11.0 Å². The van der Waals surface area contributed by atoms with Gasteiger partial charge in [-0.2, -0.15) is 0 Å². The number of para-hydroxylation sites is 2. The molecule has 0 atom stereocenters. The highest BCUT2D eigenvalue weighted by molar-refractivity contribution is 5.84. The molecule has 1 heterocycles. The highest BCUT2D eigenvalue weighted by Crippen LogP contribution is 2.45. The Hall–Kier alpha value is -1.84. The summed E-state index contributed by atoms with van der Waals surface area (Å²) in [4.78, 5) is 15.4. The van der Waals surface area contributed by atoms with Crippen LogP contribution >= 0.6 is 0 Å². The summed E-state index contributed by atoms with van der Waals surface area (Å²) in [5.74, 6) is -0.759. The Kier molecular flexibility index (Phi) is 1.46. The van der Waals surface area contributed by atoms with Gasteiger partial charge in [0.25, 0.3) is 0 Å². The average Bonchev–Trinajstić information content (AvgIpc) is 2.93. The van der Waals surface area contributed by atoms with Crippen LogP contribution in [0.25, 0.3) is 11.0 Å². The van der Waals surface area contributed by atoms with E-state index in [-0.39, 0.29) is 0 Å². The number of hydrogen-bond acceptors (Lipinski definition) is 2. The van der Waals surface area contributed by atoms with Gasteiger partial charge in [-0.25, -0.2) is 9.78 Å². The number of benzene rings is 1. The molecule has 0 unspecified atom stereocenters. The molecule has 0 bridgehead atoms. The number of aromatic nitrogens is 2. The number of nitrogens with zero attached hydrogens (tertiary/aromatic N) is 2. The van der Waals surface area contributed by atoms with E-state index < -0.39 is 11.5 Å². The fourth-order valence-electron chi connectivity index (χ4n) is 1.98. The molecule has 4 heteroatoms. The standard InChI is InChI=1S/C11H10N2O2/c14-10(15)11(5-6-11)13-7-12-8-3-1-2-4-9(8)13/h1-4,7H,5-6H2,(H,14,15). The van der Waals surface area contributed by atoms with Crippen molar-refractivity contribution in [1.82, 2.24) is 9.55 Å². The Bertz CT molecular complexity index is 540. The molecule has 76 valence electrons. The normalized spacial score (nSPS) is 17.9. The summed E-state index contributed by atoms with van der Waals surface area (Å²) in [6, 6.07) is 7.60. The Morgan fingerprint density at radius 2 is 2.13 bits per heavy atom. The van der Waals surface area contributed by atoms with Crippen molar-refractivity contribution in [2.45, 2.75) is 18.4 Å². The Morgan fingerprint density at radius 1 is 1.40 bits per heavy atom. The summed E-state index contributed by atoms with van der Waals surface area (Å²) in [5, 5.41) is 9.19. The van der Waals surface area contributed by atoms with Gasteiger partial charge >= 0.3 is 5.97 Å². The third kappa shape index (κ3) is 1.02. The number of rotatable bonds is 2. The number of imidazole rings is 1. The molecule has 2 aromatic rings. The summed E-state index contributed by atoms with van der Waals surface area (Å²) in [6.07, 6.45) is 3.02. The maximum atomic E-state index is 11.2. The number of aliphatic carboxylic acids is 1. The predicted octanol–water partition coefficient (Wildman–Crippen LogP) is 1.61. The van der Waals surface area contributed by atoms with Gasteiger partial charge in [0, 0.05) is 0 Å². The lowest BCUT2D eigenvalue weighted by molar-refractivity contribution is -0.142. The summed E-state index contributed by atoms with van der Waals surface area (Å²) in [6.45, 7) is 0. The third-order valence-corrected chi connectivity index (χ3v) is 3.04. The second-order valence-electron chi connectivity index (χ2n) is 3.94. The zero-order chi connectivity index (χ0) is 10.5. The molecule has 0 radical (unpaired) electrons. The Morgan fingerprint density at radius 3 is 2.80 bits per heavy atom. The predicted molar refractivity (Wildman–Crippen MR) is 54.6 cm³/mol. The number of hydrogen-bond donors (Lipinski definition) is 1. The minimum absolute atomic E-state index is 0.697. The first-order chi connectivity index (χ1) is 7.24. The quantitative estimate of drug-likeness (QED) is 0.804. The Labute approximate surface area is 86.2 Å². The second-order valence-corrected chi connectivity index (χ2v) is 3.94. The zero-order valence-electron chi connectivity index (χ0n) is 8.05. The van der Waals surface area contributed by atoms with E-state index in [1.54, 1.807) is 10.9 Å². The molecule has 1 aliphatic carbocycles. The van der Waals surface area contributed by atoms with Crippen molar-refractivity contribution < 1.29 is 9.90 Å². The molecular weight excluding hydrogens is 192 g/mol. The van der Waals surface area contributed by atoms with Crippen LogP contribution in [0.4, 0.5) is 0 Å². The van der Waals surface area contributed by atoms with Crippen molar-refractivity contribution in [3.63, 3.8) is 0 Å². The molecule has 15 heavy (non-hydrogen) atoms. The Balaban J connectivity index is 2.24. The molecule has 4 nitrogen and oxygen atoms in total. The molecule has 0 amide bonds. The molecule has 1 saturated carbocycles. The number of carboxylic acids is 1. The van der Waals surface area contributed by atoms with Gasteiger partial charge in [0.1, 0.15) is 5.54 Å². The molecule has 1 aromatic heterocycles. The van der Waals surface area contributed by atoms with Crippen LogP contribution < -0.4 is 0 Å². The first-order valence-corrected chi connectivity index (χ1v) is 4.90. The molecule has 1 aliphatic rings. The van der Waals surface area contributed by atoms with Crippen molar-refractivity contribution in [3.8, 4) is 0 Å². The van der Waals surface area contributed by atoms with Crippen LogP contribution in [0.2, 0.25) is 0 Å². The van der Waals surface area contributed by atoms with E-state index in [9.17, 15) is 9.90 Å². The van der Waals surface area contributed by atoms with E-state index in [4.69, 9.17) is 0 Å². The van der Waals surface area contributed by atoms with E-state index in [1.807, 2.05) is 24.3 Å². The van der Waals surface area contributed by atoms with Gasteiger partial charge in [0.15, 0.2) is 0 Å². The SMILES string of the molecule is O=C(O)C1(n2cnc3ccccc32)CC1. The molecular formula is C11H10N2O2. The topological polar surface area (TPSA) is 55.1 Å². The lowest BCUT2D eigenvalue weighted by Crippen LogP contribution is -2.26. The fourth-order valence-corrected chi connectivity index (χ4v) is 1.98. The summed E-state index contributed by atoms with van der Waals surface area (Å²) in [5.41, 5.74) is 1.03. The van der Waals surface area contributed by atoms with Crippen LogP contribution in [-0.2, 0) is 10.3 Å². The van der Waals surface area contributed by atoms with Crippen LogP contribution in [-0.4, -0.2) is 20.6 Å². The molecule has 3 rings (SSSR count). The largest absolute Gasteiger partial charge is 0.479 e. The molecule has 0 saturated heterocycles. The van der Waals surface area contributed by atoms with E-state index in [2.05, 4.69) is 4.98 Å². The van der Waals surface area contributed by atoms with Crippen molar-refractivity contribution in [2.24, 2.45) is 0 Å². The lowest BCUT2D eigenvalue weighted by Gasteiger charge is -2.12. The van der Waals surface area contributed by atoms with Crippen molar-refractivity contribution >= 4 is 17.0 Å². The minimum Gasteiger partial charge on any atom is -0.479 e. The van der Waals surface area contributed by atoms with Crippen molar-refractivity contribution in [1.29, 1.82) is 0 Å². The maximum Gasteiger partial charge on any atom is 0.329 e. The highest BCUT2D eigenvalue weighted by atomic mass is 16.4. The first-order valence-electron chi connectivity index (χ1n) is 4.90. The molecule has 1 N–H and O–H groups in total. The van der Waals surface area contributed by atoms with Gasteiger partial charge in [0.2, 0.25) is 0 Å². The van der Waals surface area contributed by atoms with E-state index in [1.165, 1.54) is 0 Å². The van der Waals surface area contributed by atoms with Gasteiger partial charge in [-0.05, 0) is 25.0 Å². The molecule has 1 aromatic carbocycles. The van der Waals surface area contributed by atoms with Crippen LogP contribution in [0.5, 0.6) is 0 Å². The van der Waals surface area contributed by atoms with Crippen molar-refractivity contribution in [2.75, 3.05) is 0 Å². The van der Waals surface area contributed by atoms with Crippen LogP contribution in [0.15, 0.2) is 30.6 Å². The molecule has 0 aliphatic heterocycles. The second kappa shape index (κ2) is 2.59. The summed E-state index contributed by atoms with van der Waals surface area (Å²) >= 11 is 0. The van der Waals surface area contributed by atoms with Gasteiger partial charge < -0.3 is 9.67 Å². The van der Waals surface area contributed by atoms with Crippen LogP contribution in [0.1, 0.15) is 12.8 Å². The van der Waals surface area contributed by atoms with Crippen molar-refractivity contribution in [3.05, 3.63) is 30.6 Å². The van der Waals surface area contributed by atoms with Gasteiger partial charge in [0.05, 0.1) is 17.4 Å². The summed E-state index contributed by atoms with van der Waals surface area (Å²) in [7, 11) is 0. The third-order valence-electron chi connectivity index (χ3n) is 3.04. The van der Waals surface area contributed by atoms with E-state index in [0.29, 0.717) is 12.8 Å². The average molecular weight is 202 g/mol. The molecule has 0 spiro atoms. The zero-order valence-corrected chi connectivity index (χ0v) is 8.05. The maximum absolute atomic E-state index is 11.2. The smallest absolute Gasteiger partial charge is 0.329 e. The summed E-state index contributed by atoms with van der Waals surface area (Å²) < 4.78 is 1.78. The first kappa shape index (κ1) is 8.47. The van der Waals surface area contributed by atoms with Crippen LogP contribution in [0, 0.1) is 0 Å². The van der Waals surface area contributed by atoms with E-state index >= 15 is 0 Å². The highest BCUT2D eigenvalue weighted by Gasteiger charge is 2.52. The lowest BCUT2D eigenvalue weighted by atomic mass is 10.2. The van der Waals surface area contributed by atoms with Gasteiger partial charge in [-0.3, -0.25) is 0 Å². The fraction of sp³-hybridized carbons (Fsp3) is 0.273.